The van der Waals surface area contributed by atoms with Gasteiger partial charge in [-0.05, 0) is 41.5 Å². The van der Waals surface area contributed by atoms with E-state index in [1.54, 1.807) is 30.3 Å². The summed E-state index contributed by atoms with van der Waals surface area (Å²) in [5.74, 6) is 0.409. The Bertz CT molecular complexity index is 937. The Balaban J connectivity index is 1.73. The Morgan fingerprint density at radius 1 is 1.07 bits per heavy atom. The van der Waals surface area contributed by atoms with Gasteiger partial charge in [0.15, 0.2) is 11.5 Å². The molecule has 0 saturated carbocycles. The second-order valence-electron chi connectivity index (χ2n) is 5.59. The number of urea groups is 1. The van der Waals surface area contributed by atoms with E-state index in [0.717, 1.165) is 5.56 Å². The number of ether oxygens (including phenoxy) is 2. The van der Waals surface area contributed by atoms with Crippen LogP contribution in [0.1, 0.15) is 11.1 Å². The maximum atomic E-state index is 11.6. The van der Waals surface area contributed by atoms with E-state index < -0.39 is 16.9 Å². The number of nitro groups is 1. The highest BCUT2D eigenvalue weighted by molar-refractivity contribution is 6.14. The Morgan fingerprint density at radius 2 is 1.81 bits per heavy atom. The predicted octanol–water partition coefficient (Wildman–Crippen LogP) is 2.36. The number of imide groups is 1. The fourth-order valence-corrected chi connectivity index (χ4v) is 2.42. The van der Waals surface area contributed by atoms with Gasteiger partial charge in [-0.15, -0.1) is 0 Å². The lowest BCUT2D eigenvalue weighted by atomic mass is 10.1. The van der Waals surface area contributed by atoms with Gasteiger partial charge in [-0.2, -0.15) is 0 Å². The highest BCUT2D eigenvalue weighted by Crippen LogP contribution is 2.30. The molecule has 9 nitrogen and oxygen atoms in total. The molecule has 0 spiro atoms. The molecule has 0 atom stereocenters. The van der Waals surface area contributed by atoms with Gasteiger partial charge in [0.1, 0.15) is 12.3 Å². The quantitative estimate of drug-likeness (QED) is 0.349. The highest BCUT2D eigenvalue weighted by atomic mass is 16.6. The Kier molecular flexibility index (Phi) is 5.02. The molecule has 3 amide bonds. The number of hydrogen-bond acceptors (Lipinski definition) is 6. The summed E-state index contributed by atoms with van der Waals surface area (Å²) in [6.07, 6.45) is 1.52. The summed E-state index contributed by atoms with van der Waals surface area (Å²) in [5, 5.41) is 15.2. The number of carbonyl (C=O) groups excluding carboxylic acids is 2. The molecular weight excluding hydrogens is 354 g/mol. The molecule has 2 N–H and O–H groups in total. The van der Waals surface area contributed by atoms with E-state index in [2.05, 4.69) is 10.6 Å². The van der Waals surface area contributed by atoms with Crippen molar-refractivity contribution >= 4 is 23.7 Å². The SMILES string of the molecule is COc1cc(/C=C2/NC(=O)NC2=O)ccc1OCc1ccc([N+](=O)[O-])cc1. The number of nitrogens with one attached hydrogen (secondary N) is 2. The average Bonchev–Trinajstić information content (AvgIpc) is 2.97. The molecule has 1 heterocycles. The van der Waals surface area contributed by atoms with Gasteiger partial charge >= 0.3 is 6.03 Å². The second kappa shape index (κ2) is 7.56. The first-order chi connectivity index (χ1) is 13.0. The molecule has 0 aliphatic carbocycles. The smallest absolute Gasteiger partial charge is 0.326 e. The molecule has 1 saturated heterocycles. The van der Waals surface area contributed by atoms with Gasteiger partial charge in [-0.1, -0.05) is 6.07 Å². The molecule has 0 radical (unpaired) electrons. The fourth-order valence-electron chi connectivity index (χ4n) is 2.42. The normalized spacial score (nSPS) is 14.6. The maximum absolute atomic E-state index is 11.6. The average molecular weight is 369 g/mol. The van der Waals surface area contributed by atoms with Crippen LogP contribution in [0.15, 0.2) is 48.2 Å². The molecule has 1 fully saturated rings. The summed E-state index contributed by atoms with van der Waals surface area (Å²) in [6, 6.07) is 10.5. The van der Waals surface area contributed by atoms with Crippen molar-refractivity contribution in [2.24, 2.45) is 0 Å². The summed E-state index contributed by atoms with van der Waals surface area (Å²) < 4.78 is 11.0. The largest absolute Gasteiger partial charge is 0.493 e. The van der Waals surface area contributed by atoms with Crippen molar-refractivity contribution in [1.82, 2.24) is 10.6 Å². The van der Waals surface area contributed by atoms with E-state index in [1.807, 2.05) is 0 Å². The van der Waals surface area contributed by atoms with Crippen LogP contribution < -0.4 is 20.1 Å². The zero-order valence-corrected chi connectivity index (χ0v) is 14.2. The molecular formula is C18H15N3O6. The van der Waals surface area contributed by atoms with E-state index in [-0.39, 0.29) is 18.0 Å². The number of nitrogens with zero attached hydrogens (tertiary/aromatic N) is 1. The van der Waals surface area contributed by atoms with Crippen LogP contribution in [0.25, 0.3) is 6.08 Å². The van der Waals surface area contributed by atoms with Gasteiger partial charge in [-0.3, -0.25) is 20.2 Å². The van der Waals surface area contributed by atoms with Crippen LogP contribution in [0, 0.1) is 10.1 Å². The summed E-state index contributed by atoms with van der Waals surface area (Å²) in [6.45, 7) is 0.202. The molecule has 27 heavy (non-hydrogen) atoms. The van der Waals surface area contributed by atoms with Crippen LogP contribution in [-0.4, -0.2) is 24.0 Å². The maximum Gasteiger partial charge on any atom is 0.326 e. The number of amides is 3. The van der Waals surface area contributed by atoms with Crippen molar-refractivity contribution in [2.75, 3.05) is 7.11 Å². The van der Waals surface area contributed by atoms with Gasteiger partial charge < -0.3 is 14.8 Å². The summed E-state index contributed by atoms with van der Waals surface area (Å²) >= 11 is 0. The van der Waals surface area contributed by atoms with Gasteiger partial charge in [0, 0.05) is 12.1 Å². The van der Waals surface area contributed by atoms with Gasteiger partial charge in [0.2, 0.25) is 0 Å². The minimum Gasteiger partial charge on any atom is -0.493 e. The molecule has 1 aliphatic rings. The third-order valence-electron chi connectivity index (χ3n) is 3.76. The summed E-state index contributed by atoms with van der Waals surface area (Å²) in [5.41, 5.74) is 1.56. The minimum atomic E-state index is -0.568. The fraction of sp³-hybridized carbons (Fsp3) is 0.111. The van der Waals surface area contributed by atoms with E-state index in [9.17, 15) is 19.7 Å². The predicted molar refractivity (Wildman–Crippen MR) is 95.1 cm³/mol. The highest BCUT2D eigenvalue weighted by Gasteiger charge is 2.22. The Hall–Kier alpha value is -3.88. The Labute approximate surface area is 153 Å². The standard InChI is InChI=1S/C18H15N3O6/c1-26-16-9-12(8-14-17(22)20-18(23)19-14)4-7-15(16)27-10-11-2-5-13(6-3-11)21(24)25/h2-9H,10H2,1H3,(H2,19,20,22,23)/b14-8+. The van der Waals surface area contributed by atoms with Gasteiger partial charge in [-0.25, -0.2) is 4.79 Å². The number of rotatable bonds is 6. The molecule has 0 unspecified atom stereocenters. The van der Waals surface area contributed by atoms with Gasteiger partial charge in [0.05, 0.1) is 12.0 Å². The van der Waals surface area contributed by atoms with Crippen LogP contribution >= 0.6 is 0 Å². The van der Waals surface area contributed by atoms with Gasteiger partial charge in [0.25, 0.3) is 11.6 Å². The van der Waals surface area contributed by atoms with Crippen molar-refractivity contribution in [3.63, 3.8) is 0 Å². The van der Waals surface area contributed by atoms with Crippen LogP contribution in [0.5, 0.6) is 11.5 Å². The molecule has 0 aromatic heterocycles. The number of carbonyl (C=O) groups is 2. The van der Waals surface area contributed by atoms with Crippen molar-refractivity contribution in [2.45, 2.75) is 6.61 Å². The zero-order chi connectivity index (χ0) is 19.4. The minimum absolute atomic E-state index is 0.0109. The van der Waals surface area contributed by atoms with E-state index in [0.29, 0.717) is 17.1 Å². The lowest BCUT2D eigenvalue weighted by Gasteiger charge is -2.11. The number of non-ortho nitro benzene ring substituents is 1. The lowest BCUT2D eigenvalue weighted by molar-refractivity contribution is -0.384. The van der Waals surface area contributed by atoms with Crippen LogP contribution in [0.2, 0.25) is 0 Å². The first-order valence-electron chi connectivity index (χ1n) is 7.84. The Morgan fingerprint density at radius 3 is 2.41 bits per heavy atom. The molecule has 9 heteroatoms. The zero-order valence-electron chi connectivity index (χ0n) is 14.2. The van der Waals surface area contributed by atoms with Crippen molar-refractivity contribution in [1.29, 1.82) is 0 Å². The number of nitro benzene ring substituents is 1. The summed E-state index contributed by atoms with van der Waals surface area (Å²) in [4.78, 5) is 32.9. The van der Waals surface area contributed by atoms with Crippen LogP contribution in [-0.2, 0) is 11.4 Å². The van der Waals surface area contributed by atoms with Crippen LogP contribution in [0.4, 0.5) is 10.5 Å². The third kappa shape index (κ3) is 4.21. The van der Waals surface area contributed by atoms with E-state index >= 15 is 0 Å². The number of benzene rings is 2. The number of hydrogen-bond donors (Lipinski definition) is 2. The third-order valence-corrected chi connectivity index (χ3v) is 3.76. The molecule has 1 aliphatic heterocycles. The first kappa shape index (κ1) is 17.9. The van der Waals surface area contributed by atoms with E-state index in [1.165, 1.54) is 25.3 Å². The molecule has 3 rings (SSSR count). The first-order valence-corrected chi connectivity index (χ1v) is 7.84. The second-order valence-corrected chi connectivity index (χ2v) is 5.59. The van der Waals surface area contributed by atoms with E-state index in [4.69, 9.17) is 9.47 Å². The van der Waals surface area contributed by atoms with Crippen molar-refractivity contribution < 1.29 is 24.0 Å². The van der Waals surface area contributed by atoms with Crippen molar-refractivity contribution in [3.05, 3.63) is 69.4 Å². The lowest BCUT2D eigenvalue weighted by Crippen LogP contribution is -2.22. The molecule has 138 valence electrons. The molecule has 2 aromatic carbocycles. The molecule has 2 aromatic rings. The molecule has 0 bridgehead atoms. The number of methoxy groups -OCH3 is 1. The summed E-state index contributed by atoms with van der Waals surface area (Å²) in [7, 11) is 1.48. The monoisotopic (exact) mass is 369 g/mol. The van der Waals surface area contributed by atoms with Crippen LogP contribution in [0.3, 0.4) is 0 Å². The topological polar surface area (TPSA) is 120 Å². The van der Waals surface area contributed by atoms with Crippen molar-refractivity contribution in [3.8, 4) is 11.5 Å².